The first kappa shape index (κ1) is 17.4. The summed E-state index contributed by atoms with van der Waals surface area (Å²) in [5.74, 6) is -0.247. The summed E-state index contributed by atoms with van der Waals surface area (Å²) in [4.78, 5) is 16.4. The number of thiophene rings is 1. The van der Waals surface area contributed by atoms with Gasteiger partial charge in [-0.15, -0.1) is 32.9 Å². The van der Waals surface area contributed by atoms with Gasteiger partial charge in [-0.05, 0) is 47.5 Å². The Labute approximate surface area is 168 Å². The molecule has 0 aliphatic rings. The molecule has 0 bridgehead atoms. The number of carboxylic acid groups (broad SMARTS) is 1. The Morgan fingerprint density at radius 1 is 1.19 bits per heavy atom. The third-order valence-corrected chi connectivity index (χ3v) is 6.73. The maximum absolute atomic E-state index is 11.1. The van der Waals surface area contributed by atoms with Gasteiger partial charge in [0.05, 0.1) is 11.1 Å². The predicted octanol–water partition coefficient (Wildman–Crippen LogP) is 5.06. The van der Waals surface area contributed by atoms with Gasteiger partial charge in [-0.3, -0.25) is 4.57 Å². The molecule has 0 atom stereocenters. The highest BCUT2D eigenvalue weighted by molar-refractivity contribution is 9.10. The number of thiazole rings is 1. The lowest BCUT2D eigenvalue weighted by Crippen LogP contribution is -1.98. The average Bonchev–Trinajstić information content (AvgIpc) is 3.36. The fourth-order valence-corrected chi connectivity index (χ4v) is 4.94. The van der Waals surface area contributed by atoms with Gasteiger partial charge in [-0.25, -0.2) is 9.78 Å². The van der Waals surface area contributed by atoms with Crippen LogP contribution in [0.5, 0.6) is 0 Å². The summed E-state index contributed by atoms with van der Waals surface area (Å²) in [5.41, 5.74) is 0.916. The molecule has 3 aromatic heterocycles. The zero-order valence-electron chi connectivity index (χ0n) is 12.9. The van der Waals surface area contributed by atoms with Crippen molar-refractivity contribution in [3.8, 4) is 16.4 Å². The van der Waals surface area contributed by atoms with E-state index in [4.69, 9.17) is 5.11 Å². The molecule has 0 aliphatic heterocycles. The molecule has 0 fully saturated rings. The Hall–Kier alpha value is -2.01. The standard InChI is InChI=1S/C16H9BrN4O2S3/c17-9-3-5-10(6-4-9)21-13(11-2-1-7-24-11)19-20-15(21)26-16-18-8-12(25-16)14(22)23/h1-8H,(H,22,23). The minimum Gasteiger partial charge on any atom is -0.477 e. The summed E-state index contributed by atoms with van der Waals surface area (Å²) < 4.78 is 3.53. The smallest absolute Gasteiger partial charge is 0.347 e. The predicted molar refractivity (Wildman–Crippen MR) is 106 cm³/mol. The van der Waals surface area contributed by atoms with Crippen LogP contribution in [0.2, 0.25) is 0 Å². The quantitative estimate of drug-likeness (QED) is 0.444. The topological polar surface area (TPSA) is 80.9 Å². The molecular formula is C16H9BrN4O2S3. The van der Waals surface area contributed by atoms with Crippen LogP contribution in [-0.2, 0) is 0 Å². The normalized spacial score (nSPS) is 11.0. The van der Waals surface area contributed by atoms with E-state index in [1.807, 2.05) is 46.3 Å². The number of carbonyl (C=O) groups is 1. The van der Waals surface area contributed by atoms with Crippen LogP contribution in [0, 0.1) is 0 Å². The fourth-order valence-electron chi connectivity index (χ4n) is 2.21. The molecule has 4 aromatic rings. The Morgan fingerprint density at radius 3 is 2.65 bits per heavy atom. The van der Waals surface area contributed by atoms with E-state index < -0.39 is 5.97 Å². The van der Waals surface area contributed by atoms with Crippen molar-refractivity contribution in [3.63, 3.8) is 0 Å². The number of nitrogens with zero attached hydrogens (tertiary/aromatic N) is 4. The van der Waals surface area contributed by atoms with Crippen LogP contribution in [0.15, 0.2) is 61.9 Å². The first-order valence-corrected chi connectivity index (χ1v) is 10.5. The van der Waals surface area contributed by atoms with E-state index in [0.717, 1.165) is 32.2 Å². The van der Waals surface area contributed by atoms with Gasteiger partial charge in [0.15, 0.2) is 10.2 Å². The van der Waals surface area contributed by atoms with Crippen LogP contribution < -0.4 is 0 Å². The molecule has 0 spiro atoms. The number of halogens is 1. The summed E-state index contributed by atoms with van der Waals surface area (Å²) in [6.07, 6.45) is 1.36. The minimum absolute atomic E-state index is 0.195. The second kappa shape index (κ2) is 7.31. The molecule has 0 saturated heterocycles. The van der Waals surface area contributed by atoms with Crippen molar-refractivity contribution in [1.29, 1.82) is 0 Å². The Balaban J connectivity index is 1.79. The number of hydrogen-bond acceptors (Lipinski definition) is 7. The third kappa shape index (κ3) is 3.45. The highest BCUT2D eigenvalue weighted by Crippen LogP contribution is 2.35. The Morgan fingerprint density at radius 2 is 2.00 bits per heavy atom. The second-order valence-electron chi connectivity index (χ2n) is 4.99. The number of carboxylic acids is 1. The number of rotatable bonds is 5. The maximum Gasteiger partial charge on any atom is 0.347 e. The average molecular weight is 465 g/mol. The van der Waals surface area contributed by atoms with Gasteiger partial charge in [0.1, 0.15) is 4.88 Å². The highest BCUT2D eigenvalue weighted by atomic mass is 79.9. The molecular weight excluding hydrogens is 456 g/mol. The summed E-state index contributed by atoms with van der Waals surface area (Å²) in [7, 11) is 0. The Bertz CT molecular complexity index is 1060. The van der Waals surface area contributed by atoms with E-state index in [2.05, 4.69) is 31.1 Å². The number of aromatic carboxylic acids is 1. The zero-order chi connectivity index (χ0) is 18.1. The number of aromatic nitrogens is 4. The summed E-state index contributed by atoms with van der Waals surface area (Å²) in [6, 6.07) is 11.8. The van der Waals surface area contributed by atoms with Gasteiger partial charge < -0.3 is 5.11 Å². The van der Waals surface area contributed by atoms with Crippen molar-refractivity contribution in [2.24, 2.45) is 0 Å². The van der Waals surface area contributed by atoms with E-state index in [0.29, 0.717) is 9.50 Å². The molecule has 4 rings (SSSR count). The SMILES string of the molecule is O=C(O)c1cnc(Sc2nnc(-c3cccs3)n2-c2ccc(Br)cc2)s1. The van der Waals surface area contributed by atoms with Crippen molar-refractivity contribution < 1.29 is 9.90 Å². The lowest BCUT2D eigenvalue weighted by atomic mass is 10.3. The van der Waals surface area contributed by atoms with Gasteiger partial charge in [0, 0.05) is 10.2 Å². The van der Waals surface area contributed by atoms with Crippen LogP contribution in [0.1, 0.15) is 9.67 Å². The molecule has 0 unspecified atom stereocenters. The van der Waals surface area contributed by atoms with Crippen molar-refractivity contribution in [2.45, 2.75) is 9.50 Å². The molecule has 10 heteroatoms. The number of benzene rings is 1. The second-order valence-corrected chi connectivity index (χ2v) is 9.10. The molecule has 1 N–H and O–H groups in total. The van der Waals surface area contributed by atoms with Crippen molar-refractivity contribution in [3.05, 3.63) is 57.3 Å². The summed E-state index contributed by atoms with van der Waals surface area (Å²) in [5, 5.41) is 20.3. The fraction of sp³-hybridized carbons (Fsp3) is 0. The van der Waals surface area contributed by atoms with Gasteiger partial charge in [-0.1, -0.05) is 22.0 Å². The van der Waals surface area contributed by atoms with Gasteiger partial charge in [-0.2, -0.15) is 0 Å². The maximum atomic E-state index is 11.1. The highest BCUT2D eigenvalue weighted by Gasteiger charge is 2.19. The molecule has 6 nitrogen and oxygen atoms in total. The molecule has 0 saturated carbocycles. The van der Waals surface area contributed by atoms with E-state index in [1.54, 1.807) is 11.3 Å². The van der Waals surface area contributed by atoms with Crippen LogP contribution in [-0.4, -0.2) is 30.8 Å². The van der Waals surface area contributed by atoms with Crippen LogP contribution in [0.3, 0.4) is 0 Å². The van der Waals surface area contributed by atoms with Gasteiger partial charge in [0.25, 0.3) is 0 Å². The van der Waals surface area contributed by atoms with Crippen LogP contribution in [0.4, 0.5) is 0 Å². The molecule has 26 heavy (non-hydrogen) atoms. The minimum atomic E-state index is -0.983. The Kier molecular flexibility index (Phi) is 4.90. The van der Waals surface area contributed by atoms with E-state index in [-0.39, 0.29) is 4.88 Å². The lowest BCUT2D eigenvalue weighted by Gasteiger charge is -2.08. The molecule has 0 aliphatic carbocycles. The summed E-state index contributed by atoms with van der Waals surface area (Å²) >= 11 is 7.44. The van der Waals surface area contributed by atoms with E-state index in [9.17, 15) is 4.79 Å². The zero-order valence-corrected chi connectivity index (χ0v) is 16.9. The van der Waals surface area contributed by atoms with Crippen molar-refractivity contribution >= 4 is 56.3 Å². The van der Waals surface area contributed by atoms with E-state index >= 15 is 0 Å². The van der Waals surface area contributed by atoms with Gasteiger partial charge >= 0.3 is 5.97 Å². The monoisotopic (exact) mass is 464 g/mol. The van der Waals surface area contributed by atoms with Crippen LogP contribution >= 0.6 is 50.4 Å². The van der Waals surface area contributed by atoms with Crippen molar-refractivity contribution in [1.82, 2.24) is 19.7 Å². The van der Waals surface area contributed by atoms with E-state index in [1.165, 1.54) is 18.0 Å². The summed E-state index contributed by atoms with van der Waals surface area (Å²) in [6.45, 7) is 0. The molecule has 130 valence electrons. The number of hydrogen-bond donors (Lipinski definition) is 1. The largest absolute Gasteiger partial charge is 0.477 e. The van der Waals surface area contributed by atoms with Crippen molar-refractivity contribution in [2.75, 3.05) is 0 Å². The van der Waals surface area contributed by atoms with Gasteiger partial charge in [0.2, 0.25) is 5.16 Å². The molecule has 0 amide bonds. The van der Waals surface area contributed by atoms with Crippen LogP contribution in [0.25, 0.3) is 16.4 Å². The third-order valence-electron chi connectivity index (χ3n) is 3.33. The lowest BCUT2D eigenvalue weighted by molar-refractivity contribution is 0.0702. The first-order chi connectivity index (χ1) is 12.6. The molecule has 3 heterocycles. The first-order valence-electron chi connectivity index (χ1n) is 7.24. The molecule has 0 radical (unpaired) electrons. The molecule has 1 aromatic carbocycles.